The van der Waals surface area contributed by atoms with E-state index >= 15 is 0 Å². The second-order valence-corrected chi connectivity index (χ2v) is 11.7. The lowest BCUT2D eigenvalue weighted by molar-refractivity contribution is -0.142. The van der Waals surface area contributed by atoms with Gasteiger partial charge >= 0.3 is 11.9 Å². The maximum absolute atomic E-state index is 12.3. The minimum absolute atomic E-state index is 0.0385. The van der Waals surface area contributed by atoms with E-state index in [0.717, 1.165) is 44.9 Å². The summed E-state index contributed by atoms with van der Waals surface area (Å²) in [6.07, 6.45) is 7.72. The first-order valence-electron chi connectivity index (χ1n) is 17.7. The molecule has 1 aromatic carbocycles. The highest BCUT2D eigenvalue weighted by molar-refractivity contribution is 5.87. The largest absolute Gasteiger partial charge is 0.494 e. The number of carboxylic acids is 2. The van der Waals surface area contributed by atoms with Gasteiger partial charge in [0, 0.05) is 25.9 Å². The topological polar surface area (TPSA) is 251 Å². The fraction of sp³-hybridized carbons (Fsp3) is 0.657. The van der Waals surface area contributed by atoms with Gasteiger partial charge in [-0.2, -0.15) is 0 Å². The minimum Gasteiger partial charge on any atom is -0.494 e. The van der Waals surface area contributed by atoms with Gasteiger partial charge in [-0.05, 0) is 43.5 Å². The SMILES string of the molecule is NC(=O)COCCOCCNC(=O)COCCOCCNC(=O)CC[C@H](NC(=O)CCCCCCCCCCOc1ccc(C(=O)O)cc1)C(=O)O. The second kappa shape index (κ2) is 30.3. The molecule has 0 saturated heterocycles. The molecule has 1 aromatic rings. The molecule has 17 heteroatoms. The molecule has 0 radical (unpaired) electrons. The molecule has 17 nitrogen and oxygen atoms in total. The highest BCUT2D eigenvalue weighted by atomic mass is 16.5. The van der Waals surface area contributed by atoms with Crippen molar-refractivity contribution in [1.29, 1.82) is 0 Å². The number of benzene rings is 1. The summed E-state index contributed by atoms with van der Waals surface area (Å²) in [4.78, 5) is 69.1. The molecule has 52 heavy (non-hydrogen) atoms. The Labute approximate surface area is 304 Å². The number of unbranched alkanes of at least 4 members (excludes halogenated alkanes) is 7. The predicted octanol–water partition coefficient (Wildman–Crippen LogP) is 1.41. The van der Waals surface area contributed by atoms with Crippen LogP contribution in [0.15, 0.2) is 24.3 Å². The molecule has 0 heterocycles. The van der Waals surface area contributed by atoms with Gasteiger partial charge in [0.25, 0.3) is 0 Å². The zero-order valence-electron chi connectivity index (χ0n) is 29.9. The second-order valence-electron chi connectivity index (χ2n) is 11.7. The number of carbonyl (C=O) groups is 6. The third-order valence-electron chi connectivity index (χ3n) is 7.32. The number of hydrogen-bond acceptors (Lipinski definition) is 11. The molecule has 0 aliphatic heterocycles. The summed E-state index contributed by atoms with van der Waals surface area (Å²) in [5.74, 6) is -3.11. The Morgan fingerprint density at radius 1 is 0.596 bits per heavy atom. The van der Waals surface area contributed by atoms with Gasteiger partial charge < -0.3 is 55.6 Å². The summed E-state index contributed by atoms with van der Waals surface area (Å²) in [5, 5.41) is 26.2. The molecule has 7 N–H and O–H groups in total. The van der Waals surface area contributed by atoms with Crippen LogP contribution in [0.25, 0.3) is 0 Å². The smallest absolute Gasteiger partial charge is 0.335 e. The quantitative estimate of drug-likeness (QED) is 0.0548. The summed E-state index contributed by atoms with van der Waals surface area (Å²) in [6, 6.07) is 5.18. The fourth-order valence-corrected chi connectivity index (χ4v) is 4.57. The summed E-state index contributed by atoms with van der Waals surface area (Å²) in [6.45, 7) is 2.07. The van der Waals surface area contributed by atoms with Crippen LogP contribution in [0.4, 0.5) is 0 Å². The van der Waals surface area contributed by atoms with Crippen LogP contribution in [0, 0.1) is 0 Å². The Morgan fingerprint density at radius 2 is 1.13 bits per heavy atom. The maximum atomic E-state index is 12.3. The lowest BCUT2D eigenvalue weighted by Crippen LogP contribution is -2.41. The number of primary amides is 1. The molecular weight excluding hydrogens is 684 g/mol. The van der Waals surface area contributed by atoms with E-state index in [0.29, 0.717) is 18.8 Å². The van der Waals surface area contributed by atoms with Gasteiger partial charge in [0.2, 0.25) is 23.6 Å². The third-order valence-corrected chi connectivity index (χ3v) is 7.32. The van der Waals surface area contributed by atoms with Gasteiger partial charge in [-0.25, -0.2) is 9.59 Å². The monoisotopic (exact) mass is 740 g/mol. The van der Waals surface area contributed by atoms with Crippen molar-refractivity contribution in [3.8, 4) is 5.75 Å². The first-order valence-corrected chi connectivity index (χ1v) is 17.7. The zero-order chi connectivity index (χ0) is 38.2. The van der Waals surface area contributed by atoms with E-state index in [1.807, 2.05) is 0 Å². The molecule has 4 amide bonds. The molecule has 0 aliphatic carbocycles. The summed E-state index contributed by atoms with van der Waals surface area (Å²) >= 11 is 0. The van der Waals surface area contributed by atoms with Crippen molar-refractivity contribution in [2.75, 3.05) is 72.6 Å². The van der Waals surface area contributed by atoms with Crippen molar-refractivity contribution in [2.45, 2.75) is 76.7 Å². The predicted molar refractivity (Wildman–Crippen MR) is 188 cm³/mol. The van der Waals surface area contributed by atoms with Gasteiger partial charge in [0.1, 0.15) is 25.0 Å². The molecule has 1 atom stereocenters. The van der Waals surface area contributed by atoms with E-state index in [4.69, 9.17) is 34.5 Å². The molecular formula is C35H56N4O13. The van der Waals surface area contributed by atoms with Gasteiger partial charge in [-0.1, -0.05) is 38.5 Å². The van der Waals surface area contributed by atoms with Crippen molar-refractivity contribution in [3.63, 3.8) is 0 Å². The Kier molecular flexibility index (Phi) is 26.6. The van der Waals surface area contributed by atoms with E-state index in [1.165, 1.54) is 12.1 Å². The number of ether oxygens (including phenoxy) is 5. The number of nitrogens with one attached hydrogen (secondary N) is 3. The van der Waals surface area contributed by atoms with Crippen molar-refractivity contribution in [1.82, 2.24) is 16.0 Å². The number of carbonyl (C=O) groups excluding carboxylic acids is 4. The van der Waals surface area contributed by atoms with E-state index in [1.54, 1.807) is 12.1 Å². The van der Waals surface area contributed by atoms with E-state index in [-0.39, 0.29) is 108 Å². The molecule has 0 bridgehead atoms. The van der Waals surface area contributed by atoms with Gasteiger partial charge in [0.15, 0.2) is 0 Å². The molecule has 0 unspecified atom stereocenters. The molecule has 0 aromatic heterocycles. The van der Waals surface area contributed by atoms with Crippen molar-refractivity contribution < 1.29 is 62.7 Å². The Morgan fingerprint density at radius 3 is 1.71 bits per heavy atom. The lowest BCUT2D eigenvalue weighted by atomic mass is 10.1. The average molecular weight is 741 g/mol. The van der Waals surface area contributed by atoms with Crippen LogP contribution in [-0.2, 0) is 42.9 Å². The standard InChI is InChI=1S/C35H56N4O13/c36-30(40)25-50-23-21-49-20-17-38-33(43)26-51-24-22-48-19-16-37-31(41)15-14-29(35(46)47)39-32(42)9-7-5-3-1-2-4-6-8-18-52-28-12-10-27(11-13-28)34(44)45/h10-13,29H,1-9,14-26H2,(H2,36,40)(H,37,41)(H,38,43)(H,39,42)(H,44,45)(H,46,47)/t29-/m0/s1. The maximum Gasteiger partial charge on any atom is 0.335 e. The Balaban J connectivity index is 1.96. The third kappa shape index (κ3) is 26.5. The molecule has 1 rings (SSSR count). The Hall–Kier alpha value is -4.32. The number of aromatic carboxylic acids is 1. The van der Waals surface area contributed by atoms with Crippen LogP contribution in [0.5, 0.6) is 5.75 Å². The van der Waals surface area contributed by atoms with Crippen molar-refractivity contribution >= 4 is 35.6 Å². The number of hydrogen-bond donors (Lipinski definition) is 6. The molecule has 0 fully saturated rings. The Bertz CT molecular complexity index is 1180. The van der Waals surface area contributed by atoms with Crippen LogP contribution in [0.1, 0.15) is 81.0 Å². The summed E-state index contributed by atoms with van der Waals surface area (Å²) in [7, 11) is 0. The van der Waals surface area contributed by atoms with Crippen LogP contribution < -0.4 is 26.4 Å². The van der Waals surface area contributed by atoms with E-state index in [2.05, 4.69) is 16.0 Å². The minimum atomic E-state index is -1.20. The fourth-order valence-electron chi connectivity index (χ4n) is 4.57. The average Bonchev–Trinajstić information content (AvgIpc) is 3.11. The first-order chi connectivity index (χ1) is 25.1. The van der Waals surface area contributed by atoms with Crippen LogP contribution in [0.2, 0.25) is 0 Å². The molecule has 0 spiro atoms. The normalized spacial score (nSPS) is 11.4. The highest BCUT2D eigenvalue weighted by Crippen LogP contribution is 2.14. The van der Waals surface area contributed by atoms with E-state index in [9.17, 15) is 33.9 Å². The highest BCUT2D eigenvalue weighted by Gasteiger charge is 2.20. The number of carboxylic acid groups (broad SMARTS) is 2. The van der Waals surface area contributed by atoms with Crippen molar-refractivity contribution in [2.24, 2.45) is 5.73 Å². The number of rotatable bonds is 34. The first kappa shape index (κ1) is 45.7. The number of amides is 4. The lowest BCUT2D eigenvalue weighted by Gasteiger charge is -2.14. The molecule has 0 aliphatic rings. The molecule has 0 saturated carbocycles. The summed E-state index contributed by atoms with van der Waals surface area (Å²) < 4.78 is 26.4. The summed E-state index contributed by atoms with van der Waals surface area (Å²) in [5.41, 5.74) is 5.16. The number of nitrogens with two attached hydrogens (primary N) is 1. The van der Waals surface area contributed by atoms with E-state index < -0.39 is 23.9 Å². The van der Waals surface area contributed by atoms with Gasteiger partial charge in [-0.15, -0.1) is 0 Å². The number of aliphatic carboxylic acids is 1. The van der Waals surface area contributed by atoms with Crippen LogP contribution >= 0.6 is 0 Å². The van der Waals surface area contributed by atoms with Gasteiger partial charge in [0.05, 0.1) is 51.8 Å². The van der Waals surface area contributed by atoms with Gasteiger partial charge in [-0.3, -0.25) is 19.2 Å². The van der Waals surface area contributed by atoms with Crippen LogP contribution in [0.3, 0.4) is 0 Å². The van der Waals surface area contributed by atoms with Crippen molar-refractivity contribution in [3.05, 3.63) is 29.8 Å². The molecule has 294 valence electrons. The zero-order valence-corrected chi connectivity index (χ0v) is 29.9. The van der Waals surface area contributed by atoms with Crippen LogP contribution in [-0.4, -0.2) is 124 Å².